The van der Waals surface area contributed by atoms with Crippen molar-refractivity contribution in [1.29, 1.82) is 0 Å². The van der Waals surface area contributed by atoms with Gasteiger partial charge >= 0.3 is 5.97 Å². The number of ether oxygens (including phenoxy) is 1. The molecule has 0 saturated heterocycles. The minimum atomic E-state index is -1.19. The Hall–Kier alpha value is -2.68. The van der Waals surface area contributed by atoms with Gasteiger partial charge in [-0.15, -0.1) is 0 Å². The van der Waals surface area contributed by atoms with Crippen molar-refractivity contribution in [2.24, 2.45) is 5.73 Å². The highest BCUT2D eigenvalue weighted by atomic mass is 16.6. The number of nitrogens with two attached hydrogens (primary N) is 1. The number of nitro groups is 1. The van der Waals surface area contributed by atoms with Crippen LogP contribution in [0.4, 0.5) is 11.4 Å². The summed E-state index contributed by atoms with van der Waals surface area (Å²) in [6.45, 7) is 0.160. The lowest BCUT2D eigenvalue weighted by molar-refractivity contribution is -0.384. The molecule has 0 heterocycles. The number of hydrogen-bond acceptors (Lipinski definition) is 6. The molecule has 4 N–H and O–H groups in total. The highest BCUT2D eigenvalue weighted by Gasteiger charge is 2.22. The fraction of sp³-hybridized carbons (Fsp3) is 0.333. The first-order chi connectivity index (χ1) is 9.86. The average Bonchev–Trinajstić information content (AvgIpc) is 2.42. The van der Waals surface area contributed by atoms with Crippen molar-refractivity contribution in [2.45, 2.75) is 12.5 Å². The molecule has 21 heavy (non-hydrogen) atoms. The third-order valence-electron chi connectivity index (χ3n) is 2.72. The summed E-state index contributed by atoms with van der Waals surface area (Å²) in [6.07, 6.45) is 0.101. The van der Waals surface area contributed by atoms with Crippen molar-refractivity contribution < 1.29 is 24.4 Å². The zero-order valence-corrected chi connectivity index (χ0v) is 11.2. The van der Waals surface area contributed by atoms with Gasteiger partial charge in [0.2, 0.25) is 5.91 Å². The summed E-state index contributed by atoms with van der Waals surface area (Å²) >= 11 is 0. The molecule has 0 spiro atoms. The van der Waals surface area contributed by atoms with Gasteiger partial charge in [-0.05, 0) is 12.1 Å². The second-order valence-electron chi connectivity index (χ2n) is 4.17. The van der Waals surface area contributed by atoms with Crippen LogP contribution in [0.15, 0.2) is 18.2 Å². The van der Waals surface area contributed by atoms with Crippen molar-refractivity contribution in [2.75, 3.05) is 19.0 Å². The second kappa shape index (κ2) is 7.20. The number of carboxylic acid groups (broad SMARTS) is 1. The number of carbonyl (C=O) groups excluding carboxylic acids is 1. The Morgan fingerprint density at radius 3 is 2.67 bits per heavy atom. The number of carbonyl (C=O) groups is 2. The van der Waals surface area contributed by atoms with E-state index in [1.54, 1.807) is 0 Å². The second-order valence-corrected chi connectivity index (χ2v) is 4.17. The van der Waals surface area contributed by atoms with Crippen molar-refractivity contribution >= 4 is 23.3 Å². The van der Waals surface area contributed by atoms with Crippen LogP contribution in [-0.2, 0) is 9.53 Å². The van der Waals surface area contributed by atoms with Gasteiger partial charge in [-0.2, -0.15) is 0 Å². The third-order valence-corrected chi connectivity index (χ3v) is 2.72. The molecule has 0 aromatic heterocycles. The van der Waals surface area contributed by atoms with Gasteiger partial charge in [0.05, 0.1) is 4.92 Å². The number of rotatable bonds is 8. The van der Waals surface area contributed by atoms with Crippen LogP contribution in [0.2, 0.25) is 0 Å². The molecule has 9 nitrogen and oxygen atoms in total. The summed E-state index contributed by atoms with van der Waals surface area (Å²) in [6, 6.07) is 2.36. The molecule has 1 aromatic rings. The van der Waals surface area contributed by atoms with Gasteiger partial charge in [0.25, 0.3) is 5.69 Å². The van der Waals surface area contributed by atoms with Gasteiger partial charge < -0.3 is 20.9 Å². The predicted octanol–water partition coefficient (Wildman–Crippen LogP) is 0.595. The normalized spacial score (nSPS) is 11.7. The van der Waals surface area contributed by atoms with Gasteiger partial charge in [-0.1, -0.05) is 0 Å². The van der Waals surface area contributed by atoms with Gasteiger partial charge in [0.1, 0.15) is 11.7 Å². The SMILES string of the molecule is COCCC(Nc1cc(C(N)=O)ccc1[N+](=O)[O-])C(=O)O. The van der Waals surface area contributed by atoms with E-state index >= 15 is 0 Å². The topological polar surface area (TPSA) is 145 Å². The summed E-state index contributed by atoms with van der Waals surface area (Å²) in [5, 5.41) is 22.6. The highest BCUT2D eigenvalue weighted by molar-refractivity contribution is 5.95. The van der Waals surface area contributed by atoms with Crippen LogP contribution >= 0.6 is 0 Å². The number of nitrogens with zero attached hydrogens (tertiary/aromatic N) is 1. The summed E-state index contributed by atoms with van der Waals surface area (Å²) in [5.41, 5.74) is 4.72. The number of nitro benzene ring substituents is 1. The minimum absolute atomic E-state index is 0.0407. The first kappa shape index (κ1) is 16.4. The number of hydrogen-bond donors (Lipinski definition) is 3. The fourth-order valence-electron chi connectivity index (χ4n) is 1.64. The lowest BCUT2D eigenvalue weighted by atomic mass is 10.1. The third kappa shape index (κ3) is 4.42. The van der Waals surface area contributed by atoms with Gasteiger partial charge in [-0.3, -0.25) is 14.9 Å². The van der Waals surface area contributed by atoms with E-state index in [1.165, 1.54) is 13.2 Å². The number of methoxy groups -OCH3 is 1. The van der Waals surface area contributed by atoms with E-state index in [2.05, 4.69) is 5.32 Å². The van der Waals surface area contributed by atoms with Crippen LogP contribution in [0.5, 0.6) is 0 Å². The molecule has 114 valence electrons. The smallest absolute Gasteiger partial charge is 0.326 e. The Morgan fingerprint density at radius 2 is 2.19 bits per heavy atom. The molecule has 1 atom stereocenters. The molecular formula is C12H15N3O6. The van der Waals surface area contributed by atoms with Crippen molar-refractivity contribution in [1.82, 2.24) is 0 Å². The number of aliphatic carboxylic acids is 1. The maximum Gasteiger partial charge on any atom is 0.326 e. The number of benzene rings is 1. The molecular weight excluding hydrogens is 282 g/mol. The summed E-state index contributed by atoms with van der Waals surface area (Å²) in [7, 11) is 1.41. The van der Waals surface area contributed by atoms with Crippen LogP contribution < -0.4 is 11.1 Å². The molecule has 1 rings (SSSR count). The lowest BCUT2D eigenvalue weighted by Gasteiger charge is -2.15. The molecule has 0 aliphatic rings. The number of carboxylic acids is 1. The van der Waals surface area contributed by atoms with Crippen LogP contribution in [0.25, 0.3) is 0 Å². The number of anilines is 1. The van der Waals surface area contributed by atoms with E-state index < -0.39 is 22.8 Å². The molecule has 1 aromatic carbocycles. The predicted molar refractivity (Wildman–Crippen MR) is 73.2 cm³/mol. The van der Waals surface area contributed by atoms with Crippen molar-refractivity contribution in [3.63, 3.8) is 0 Å². The van der Waals surface area contributed by atoms with Crippen molar-refractivity contribution in [3.05, 3.63) is 33.9 Å². The number of amides is 1. The monoisotopic (exact) mass is 297 g/mol. The zero-order chi connectivity index (χ0) is 16.0. The van der Waals surface area contributed by atoms with Crippen LogP contribution in [0.3, 0.4) is 0 Å². The highest BCUT2D eigenvalue weighted by Crippen LogP contribution is 2.26. The average molecular weight is 297 g/mol. The van der Waals surface area contributed by atoms with Gasteiger partial charge in [-0.25, -0.2) is 4.79 Å². The summed E-state index contributed by atoms with van der Waals surface area (Å²) in [5.74, 6) is -1.96. The first-order valence-electron chi connectivity index (χ1n) is 5.93. The van der Waals surface area contributed by atoms with Crippen LogP contribution in [0.1, 0.15) is 16.8 Å². The molecule has 0 radical (unpaired) electrons. The largest absolute Gasteiger partial charge is 0.480 e. The van der Waals surface area contributed by atoms with Crippen LogP contribution in [-0.4, -0.2) is 41.7 Å². The Morgan fingerprint density at radius 1 is 1.52 bits per heavy atom. The summed E-state index contributed by atoms with van der Waals surface area (Å²) < 4.78 is 4.79. The first-order valence-corrected chi connectivity index (χ1v) is 5.93. The molecule has 1 unspecified atom stereocenters. The van der Waals surface area contributed by atoms with E-state index in [0.717, 1.165) is 12.1 Å². The molecule has 0 saturated carbocycles. The van der Waals surface area contributed by atoms with E-state index in [9.17, 15) is 19.7 Å². The quantitative estimate of drug-likeness (QED) is 0.470. The molecule has 1 amide bonds. The Kier molecular flexibility index (Phi) is 5.61. The standard InChI is InChI=1S/C12H15N3O6/c1-21-5-4-8(12(17)18)14-9-6-7(11(13)16)2-3-10(9)15(19)20/h2-3,6,8,14H,4-5H2,1H3,(H2,13,16)(H,17,18). The van der Waals surface area contributed by atoms with E-state index in [-0.39, 0.29) is 30.0 Å². The maximum absolute atomic E-state index is 11.1. The van der Waals surface area contributed by atoms with E-state index in [1.807, 2.05) is 0 Å². The molecule has 0 aliphatic carbocycles. The van der Waals surface area contributed by atoms with Gasteiger partial charge in [0.15, 0.2) is 0 Å². The van der Waals surface area contributed by atoms with Gasteiger partial charge in [0, 0.05) is 31.8 Å². The lowest BCUT2D eigenvalue weighted by Crippen LogP contribution is -2.31. The Labute approximate surface area is 119 Å². The van der Waals surface area contributed by atoms with E-state index in [0.29, 0.717) is 0 Å². The molecule has 0 fully saturated rings. The van der Waals surface area contributed by atoms with Crippen molar-refractivity contribution in [3.8, 4) is 0 Å². The maximum atomic E-state index is 11.1. The Bertz CT molecular complexity index is 560. The minimum Gasteiger partial charge on any atom is -0.480 e. The number of primary amides is 1. The molecule has 9 heteroatoms. The molecule has 0 aliphatic heterocycles. The van der Waals surface area contributed by atoms with Crippen LogP contribution in [0, 0.1) is 10.1 Å². The fourth-order valence-corrected chi connectivity index (χ4v) is 1.64. The Balaban J connectivity index is 3.12. The zero-order valence-electron chi connectivity index (χ0n) is 11.2. The number of nitrogens with one attached hydrogen (secondary N) is 1. The summed E-state index contributed by atoms with van der Waals surface area (Å²) in [4.78, 5) is 32.5. The molecule has 0 bridgehead atoms. The van der Waals surface area contributed by atoms with E-state index in [4.69, 9.17) is 15.6 Å².